The third kappa shape index (κ3) is 5.22. The van der Waals surface area contributed by atoms with Crippen LogP contribution in [0.1, 0.15) is 11.1 Å². The van der Waals surface area contributed by atoms with Gasteiger partial charge in [0.05, 0.1) is 38.4 Å². The second kappa shape index (κ2) is 9.08. The number of amides is 1. The van der Waals surface area contributed by atoms with Gasteiger partial charge >= 0.3 is 0 Å². The van der Waals surface area contributed by atoms with E-state index in [1.165, 1.54) is 6.21 Å². The van der Waals surface area contributed by atoms with Crippen molar-refractivity contribution in [3.05, 3.63) is 52.0 Å². The molecule has 1 N–H and O–H groups in total. The predicted octanol–water partition coefficient (Wildman–Crippen LogP) is 3.17. The molecule has 0 aliphatic carbocycles. The van der Waals surface area contributed by atoms with Crippen molar-refractivity contribution in [1.82, 2.24) is 5.43 Å². The first-order valence-corrected chi connectivity index (χ1v) is 8.23. The maximum atomic E-state index is 12.0. The van der Waals surface area contributed by atoms with Gasteiger partial charge < -0.3 is 14.2 Å². The Hall–Kier alpha value is -2.54. The van der Waals surface area contributed by atoms with Crippen molar-refractivity contribution in [3.8, 4) is 17.2 Å². The molecule has 0 radical (unpaired) electrons. The molecule has 2 aromatic rings. The maximum absolute atomic E-state index is 12.0. The smallest absolute Gasteiger partial charge is 0.244 e. The molecule has 0 aliphatic heterocycles. The fraction of sp³-hybridized carbons (Fsp3) is 0.222. The van der Waals surface area contributed by atoms with Crippen LogP contribution in [0, 0.1) is 0 Å². The molecule has 25 heavy (non-hydrogen) atoms. The van der Waals surface area contributed by atoms with E-state index in [0.29, 0.717) is 17.1 Å². The Morgan fingerprint density at radius 3 is 2.36 bits per heavy atom. The lowest BCUT2D eigenvalue weighted by molar-refractivity contribution is -0.120. The Morgan fingerprint density at radius 2 is 1.76 bits per heavy atom. The summed E-state index contributed by atoms with van der Waals surface area (Å²) in [6.45, 7) is 0. The summed E-state index contributed by atoms with van der Waals surface area (Å²) < 4.78 is 16.4. The summed E-state index contributed by atoms with van der Waals surface area (Å²) in [6, 6.07) is 10.8. The second-order valence-electron chi connectivity index (χ2n) is 5.05. The predicted molar refractivity (Wildman–Crippen MR) is 99.7 cm³/mol. The van der Waals surface area contributed by atoms with E-state index >= 15 is 0 Å². The Morgan fingerprint density at radius 1 is 1.08 bits per heavy atom. The van der Waals surface area contributed by atoms with Crippen molar-refractivity contribution in [2.24, 2.45) is 5.10 Å². The fourth-order valence-electron chi connectivity index (χ4n) is 2.13. The first kappa shape index (κ1) is 18.8. The highest BCUT2D eigenvalue weighted by molar-refractivity contribution is 9.10. The summed E-state index contributed by atoms with van der Waals surface area (Å²) >= 11 is 3.41. The van der Waals surface area contributed by atoms with Gasteiger partial charge in [0.1, 0.15) is 17.2 Å². The molecule has 0 heterocycles. The molecule has 1 amide bonds. The molecular weight excluding hydrogens is 388 g/mol. The number of methoxy groups -OCH3 is 3. The van der Waals surface area contributed by atoms with E-state index in [2.05, 4.69) is 26.5 Å². The van der Waals surface area contributed by atoms with E-state index in [1.54, 1.807) is 33.5 Å². The van der Waals surface area contributed by atoms with Gasteiger partial charge in [-0.2, -0.15) is 5.10 Å². The number of carbonyl (C=O) groups is 1. The first-order valence-electron chi connectivity index (χ1n) is 7.43. The average Bonchev–Trinajstić information content (AvgIpc) is 2.62. The number of nitrogens with one attached hydrogen (secondary N) is 1. The molecular formula is C18H19BrN2O4. The highest BCUT2D eigenvalue weighted by Crippen LogP contribution is 2.31. The van der Waals surface area contributed by atoms with Crippen LogP contribution < -0.4 is 19.6 Å². The summed E-state index contributed by atoms with van der Waals surface area (Å²) in [6.07, 6.45) is 1.75. The lowest BCUT2D eigenvalue weighted by atomic mass is 10.1. The van der Waals surface area contributed by atoms with Gasteiger partial charge in [-0.25, -0.2) is 5.43 Å². The maximum Gasteiger partial charge on any atom is 0.244 e. The van der Waals surface area contributed by atoms with Crippen LogP contribution in [0.25, 0.3) is 0 Å². The zero-order valence-electron chi connectivity index (χ0n) is 14.2. The Kier molecular flexibility index (Phi) is 6.82. The summed E-state index contributed by atoms with van der Waals surface area (Å²) in [4.78, 5) is 12.0. The van der Waals surface area contributed by atoms with E-state index in [4.69, 9.17) is 14.2 Å². The van der Waals surface area contributed by atoms with Crippen molar-refractivity contribution in [3.63, 3.8) is 0 Å². The van der Waals surface area contributed by atoms with Crippen LogP contribution in [-0.2, 0) is 11.2 Å². The number of halogens is 1. The normalized spacial score (nSPS) is 10.6. The van der Waals surface area contributed by atoms with Gasteiger partial charge in [-0.05, 0) is 39.7 Å². The standard InChI is InChI=1S/C18H19BrN2O4/c1-23-14-6-4-12(5-7-14)8-18(22)21-20-11-13-9-15(19)17(25-3)10-16(13)24-2/h4-7,9-11H,8H2,1-3H3,(H,21,22). The van der Waals surface area contributed by atoms with Crippen molar-refractivity contribution in [1.29, 1.82) is 0 Å². The van der Waals surface area contributed by atoms with Gasteiger partial charge in [0.2, 0.25) is 5.91 Å². The van der Waals surface area contributed by atoms with Crippen LogP contribution >= 0.6 is 15.9 Å². The van der Waals surface area contributed by atoms with Gasteiger partial charge in [-0.1, -0.05) is 12.1 Å². The van der Waals surface area contributed by atoms with Crippen LogP contribution in [0.15, 0.2) is 46.0 Å². The van der Waals surface area contributed by atoms with Gasteiger partial charge in [0.15, 0.2) is 0 Å². The largest absolute Gasteiger partial charge is 0.497 e. The van der Waals surface area contributed by atoms with Crippen LogP contribution in [-0.4, -0.2) is 33.5 Å². The van der Waals surface area contributed by atoms with Crippen LogP contribution in [0.4, 0.5) is 0 Å². The number of nitrogens with zero attached hydrogens (tertiary/aromatic N) is 1. The number of rotatable bonds is 7. The molecule has 0 fully saturated rings. The highest BCUT2D eigenvalue weighted by Gasteiger charge is 2.08. The third-order valence-electron chi connectivity index (χ3n) is 3.42. The summed E-state index contributed by atoms with van der Waals surface area (Å²) in [5, 5.41) is 3.99. The fourth-order valence-corrected chi connectivity index (χ4v) is 2.65. The minimum atomic E-state index is -0.215. The van der Waals surface area contributed by atoms with E-state index in [9.17, 15) is 4.79 Å². The van der Waals surface area contributed by atoms with Gasteiger partial charge in [-0.3, -0.25) is 4.79 Å². The zero-order valence-corrected chi connectivity index (χ0v) is 15.8. The Bertz CT molecular complexity index is 760. The molecule has 0 aromatic heterocycles. The van der Waals surface area contributed by atoms with E-state index < -0.39 is 0 Å². The van der Waals surface area contributed by atoms with Crippen LogP contribution in [0.3, 0.4) is 0 Å². The number of hydrogen-bond acceptors (Lipinski definition) is 5. The molecule has 0 saturated carbocycles. The molecule has 2 aromatic carbocycles. The quantitative estimate of drug-likeness (QED) is 0.566. The SMILES string of the molecule is COc1ccc(CC(=O)NN=Cc2cc(Br)c(OC)cc2OC)cc1. The number of hydrogen-bond donors (Lipinski definition) is 1. The molecule has 0 aliphatic rings. The average molecular weight is 407 g/mol. The Balaban J connectivity index is 1.99. The van der Waals surface area contributed by atoms with E-state index in [1.807, 2.05) is 24.3 Å². The van der Waals surface area contributed by atoms with Crippen molar-refractivity contribution in [2.45, 2.75) is 6.42 Å². The van der Waals surface area contributed by atoms with Crippen LogP contribution in [0.2, 0.25) is 0 Å². The molecule has 0 atom stereocenters. The second-order valence-corrected chi connectivity index (χ2v) is 5.90. The molecule has 0 spiro atoms. The van der Waals surface area contributed by atoms with Gasteiger partial charge in [0, 0.05) is 11.6 Å². The molecule has 6 nitrogen and oxygen atoms in total. The van der Waals surface area contributed by atoms with Gasteiger partial charge in [-0.15, -0.1) is 0 Å². The molecule has 0 bridgehead atoms. The Labute approximate surface area is 154 Å². The zero-order chi connectivity index (χ0) is 18.2. The lowest BCUT2D eigenvalue weighted by Crippen LogP contribution is -2.19. The lowest BCUT2D eigenvalue weighted by Gasteiger charge is -2.09. The summed E-state index contributed by atoms with van der Waals surface area (Å²) in [7, 11) is 4.73. The first-order chi connectivity index (χ1) is 12.1. The minimum absolute atomic E-state index is 0.215. The number of carbonyl (C=O) groups excluding carboxylic acids is 1. The van der Waals surface area contributed by atoms with Crippen LogP contribution in [0.5, 0.6) is 17.2 Å². The molecule has 2 rings (SSSR count). The number of benzene rings is 2. The summed E-state index contributed by atoms with van der Waals surface area (Å²) in [5.41, 5.74) is 4.09. The molecule has 7 heteroatoms. The highest BCUT2D eigenvalue weighted by atomic mass is 79.9. The van der Waals surface area contributed by atoms with Crippen molar-refractivity contribution in [2.75, 3.05) is 21.3 Å². The number of ether oxygens (including phenoxy) is 3. The van der Waals surface area contributed by atoms with E-state index in [-0.39, 0.29) is 12.3 Å². The minimum Gasteiger partial charge on any atom is -0.497 e. The molecule has 0 saturated heterocycles. The topological polar surface area (TPSA) is 69.2 Å². The van der Waals surface area contributed by atoms with Gasteiger partial charge in [0.25, 0.3) is 0 Å². The van der Waals surface area contributed by atoms with Crippen molar-refractivity contribution < 1.29 is 19.0 Å². The monoisotopic (exact) mass is 406 g/mol. The van der Waals surface area contributed by atoms with E-state index in [0.717, 1.165) is 15.8 Å². The van der Waals surface area contributed by atoms with Crippen molar-refractivity contribution >= 4 is 28.1 Å². The molecule has 132 valence electrons. The molecule has 0 unspecified atom stereocenters. The third-order valence-corrected chi connectivity index (χ3v) is 4.04. The summed E-state index contributed by atoms with van der Waals surface area (Å²) in [5.74, 6) is 1.78. The number of hydrazone groups is 1.